The third-order valence-electron chi connectivity index (χ3n) is 5.84. The van der Waals surface area contributed by atoms with E-state index in [1.165, 1.54) is 18.4 Å². The lowest BCUT2D eigenvalue weighted by molar-refractivity contribution is -0.124. The largest absolute Gasteiger partial charge is 0.353 e. The zero-order valence-electron chi connectivity index (χ0n) is 16.1. The summed E-state index contributed by atoms with van der Waals surface area (Å²) in [5, 5.41) is 6.56. The van der Waals surface area contributed by atoms with Crippen molar-refractivity contribution in [3.63, 3.8) is 0 Å². The van der Waals surface area contributed by atoms with Crippen LogP contribution in [0.2, 0.25) is 0 Å². The summed E-state index contributed by atoms with van der Waals surface area (Å²) in [6.45, 7) is 7.14. The van der Waals surface area contributed by atoms with Crippen molar-refractivity contribution in [2.75, 3.05) is 52.9 Å². The van der Waals surface area contributed by atoms with E-state index in [1.807, 2.05) is 0 Å². The number of piperazine rings is 1. The number of nitrogens with zero attached hydrogens (tertiary/aromatic N) is 2. The lowest BCUT2D eigenvalue weighted by atomic mass is 9.87. The van der Waals surface area contributed by atoms with Crippen LogP contribution in [0.25, 0.3) is 0 Å². The van der Waals surface area contributed by atoms with Gasteiger partial charge in [-0.05, 0) is 50.8 Å². The molecule has 2 aliphatic heterocycles. The van der Waals surface area contributed by atoms with Crippen molar-refractivity contribution >= 4 is 5.91 Å². The van der Waals surface area contributed by atoms with E-state index in [0.717, 1.165) is 58.7 Å². The molecule has 5 nitrogen and oxygen atoms in total. The summed E-state index contributed by atoms with van der Waals surface area (Å²) in [5.74, 6) is 0.827. The fraction of sp³-hybridized carbons (Fsp3) is 0.667. The number of carbonyl (C=O) groups excluding carboxylic acids is 1. The van der Waals surface area contributed by atoms with Gasteiger partial charge in [-0.1, -0.05) is 30.3 Å². The molecule has 2 aliphatic rings. The highest BCUT2D eigenvalue weighted by atomic mass is 16.2. The number of amides is 1. The molecule has 3 rings (SSSR count). The van der Waals surface area contributed by atoms with Crippen molar-refractivity contribution in [2.24, 2.45) is 5.92 Å². The number of carbonyl (C=O) groups is 1. The second kappa shape index (κ2) is 10.0. The molecule has 5 heteroatoms. The van der Waals surface area contributed by atoms with Crippen LogP contribution < -0.4 is 10.6 Å². The number of rotatable bonds is 7. The third kappa shape index (κ3) is 6.08. The van der Waals surface area contributed by atoms with Crippen LogP contribution in [-0.4, -0.2) is 74.6 Å². The Kier molecular flexibility index (Phi) is 7.47. The summed E-state index contributed by atoms with van der Waals surface area (Å²) in [5.41, 5.74) is 1.40. The molecule has 0 bridgehead atoms. The Morgan fingerprint density at radius 3 is 2.73 bits per heavy atom. The predicted octanol–water partition coefficient (Wildman–Crippen LogP) is 1.35. The molecule has 2 unspecified atom stereocenters. The quantitative estimate of drug-likeness (QED) is 0.773. The van der Waals surface area contributed by atoms with Gasteiger partial charge in [0.25, 0.3) is 0 Å². The van der Waals surface area contributed by atoms with Gasteiger partial charge in [0.1, 0.15) is 0 Å². The van der Waals surface area contributed by atoms with E-state index in [4.69, 9.17) is 0 Å². The fourth-order valence-corrected chi connectivity index (χ4v) is 4.01. The maximum absolute atomic E-state index is 12.5. The lowest BCUT2D eigenvalue weighted by Crippen LogP contribution is -2.51. The first kappa shape index (κ1) is 19.3. The van der Waals surface area contributed by atoms with E-state index in [-0.39, 0.29) is 11.9 Å². The Hall–Kier alpha value is -1.43. The van der Waals surface area contributed by atoms with Crippen LogP contribution in [0.4, 0.5) is 0 Å². The molecule has 1 aromatic rings. The zero-order chi connectivity index (χ0) is 18.2. The minimum atomic E-state index is -0.0167. The monoisotopic (exact) mass is 358 g/mol. The van der Waals surface area contributed by atoms with Gasteiger partial charge in [0, 0.05) is 39.3 Å². The van der Waals surface area contributed by atoms with Gasteiger partial charge in [-0.15, -0.1) is 0 Å². The summed E-state index contributed by atoms with van der Waals surface area (Å²) >= 11 is 0. The lowest BCUT2D eigenvalue weighted by Gasteiger charge is -2.33. The van der Waals surface area contributed by atoms with Crippen molar-refractivity contribution in [1.29, 1.82) is 0 Å². The number of nitrogens with one attached hydrogen (secondary N) is 2. The summed E-state index contributed by atoms with van der Waals surface area (Å²) in [6.07, 6.45) is 4.44. The first-order valence-electron chi connectivity index (χ1n) is 10.2. The van der Waals surface area contributed by atoms with E-state index in [0.29, 0.717) is 5.92 Å². The van der Waals surface area contributed by atoms with E-state index in [9.17, 15) is 4.79 Å². The summed E-state index contributed by atoms with van der Waals surface area (Å²) in [4.78, 5) is 17.3. The van der Waals surface area contributed by atoms with Crippen molar-refractivity contribution in [2.45, 2.75) is 31.7 Å². The minimum absolute atomic E-state index is 0.0167. The molecule has 2 N–H and O–H groups in total. The second-order valence-electron chi connectivity index (χ2n) is 7.86. The van der Waals surface area contributed by atoms with Crippen LogP contribution in [0.15, 0.2) is 30.3 Å². The van der Waals surface area contributed by atoms with Gasteiger partial charge in [0.05, 0.1) is 6.04 Å². The summed E-state index contributed by atoms with van der Waals surface area (Å²) in [6, 6.07) is 10.7. The Balaban J connectivity index is 1.34. The van der Waals surface area contributed by atoms with Gasteiger partial charge in [0.15, 0.2) is 0 Å². The van der Waals surface area contributed by atoms with Gasteiger partial charge < -0.3 is 15.5 Å². The molecule has 0 saturated carbocycles. The number of benzene rings is 1. The molecule has 2 heterocycles. The van der Waals surface area contributed by atoms with Crippen LogP contribution in [0.5, 0.6) is 0 Å². The molecule has 144 valence electrons. The van der Waals surface area contributed by atoms with Gasteiger partial charge in [0.2, 0.25) is 5.91 Å². The van der Waals surface area contributed by atoms with E-state index < -0.39 is 0 Å². The van der Waals surface area contributed by atoms with Crippen LogP contribution in [0.1, 0.15) is 24.8 Å². The molecule has 2 saturated heterocycles. The van der Waals surface area contributed by atoms with Gasteiger partial charge >= 0.3 is 0 Å². The summed E-state index contributed by atoms with van der Waals surface area (Å²) < 4.78 is 0. The normalized spacial score (nSPS) is 25.1. The van der Waals surface area contributed by atoms with Crippen molar-refractivity contribution in [1.82, 2.24) is 20.4 Å². The maximum atomic E-state index is 12.5. The molecule has 26 heavy (non-hydrogen) atoms. The smallest absolute Gasteiger partial charge is 0.237 e. The first-order chi connectivity index (χ1) is 12.7. The van der Waals surface area contributed by atoms with Gasteiger partial charge in [-0.25, -0.2) is 0 Å². The molecule has 0 aromatic heterocycles. The molecule has 0 aliphatic carbocycles. The molecule has 2 fully saturated rings. The number of piperidine rings is 1. The zero-order valence-corrected chi connectivity index (χ0v) is 16.1. The Bertz CT molecular complexity index is 542. The van der Waals surface area contributed by atoms with Crippen LogP contribution in [0, 0.1) is 5.92 Å². The topological polar surface area (TPSA) is 47.6 Å². The number of hydrogen-bond donors (Lipinski definition) is 2. The molecule has 1 amide bonds. The maximum Gasteiger partial charge on any atom is 0.237 e. The Morgan fingerprint density at radius 2 is 1.96 bits per heavy atom. The predicted molar refractivity (Wildman–Crippen MR) is 106 cm³/mol. The second-order valence-corrected chi connectivity index (χ2v) is 7.86. The number of aryl methyl sites for hydroxylation is 1. The van der Waals surface area contributed by atoms with E-state index >= 15 is 0 Å². The molecule has 2 atom stereocenters. The van der Waals surface area contributed by atoms with Crippen LogP contribution in [-0.2, 0) is 11.2 Å². The minimum Gasteiger partial charge on any atom is -0.353 e. The van der Waals surface area contributed by atoms with Crippen molar-refractivity contribution in [3.05, 3.63) is 35.9 Å². The fourth-order valence-electron chi connectivity index (χ4n) is 4.01. The highest BCUT2D eigenvalue weighted by Gasteiger charge is 2.26. The molecule has 0 spiro atoms. The van der Waals surface area contributed by atoms with Crippen molar-refractivity contribution < 1.29 is 4.79 Å². The van der Waals surface area contributed by atoms with Gasteiger partial charge in [-0.3, -0.25) is 9.69 Å². The first-order valence-corrected chi connectivity index (χ1v) is 10.2. The molecular formula is C21H34N4O. The Labute approximate surface area is 158 Å². The number of hydrogen-bond acceptors (Lipinski definition) is 4. The molecular weight excluding hydrogens is 324 g/mol. The highest BCUT2D eigenvalue weighted by molar-refractivity contribution is 5.81. The average Bonchev–Trinajstić information content (AvgIpc) is 2.69. The highest BCUT2D eigenvalue weighted by Crippen LogP contribution is 2.22. The van der Waals surface area contributed by atoms with E-state index in [1.54, 1.807) is 0 Å². The van der Waals surface area contributed by atoms with Crippen LogP contribution >= 0.6 is 0 Å². The average molecular weight is 359 g/mol. The SMILES string of the molecule is CN1CCN(CCNC(=O)C2CC(CCc3ccccc3)CCN2)CC1. The van der Waals surface area contributed by atoms with E-state index in [2.05, 4.69) is 57.8 Å². The Morgan fingerprint density at radius 1 is 1.19 bits per heavy atom. The van der Waals surface area contributed by atoms with Gasteiger partial charge in [-0.2, -0.15) is 0 Å². The van der Waals surface area contributed by atoms with Crippen LogP contribution in [0.3, 0.4) is 0 Å². The van der Waals surface area contributed by atoms with Crippen molar-refractivity contribution in [3.8, 4) is 0 Å². The standard InChI is InChI=1S/C21H34N4O/c1-24-13-15-25(16-14-24)12-11-23-21(26)20-17-19(9-10-22-20)8-7-18-5-3-2-4-6-18/h2-6,19-20,22H,7-17H2,1H3,(H,23,26). The summed E-state index contributed by atoms with van der Waals surface area (Å²) in [7, 11) is 2.17. The molecule has 1 aromatic carbocycles. The third-order valence-corrected chi connectivity index (χ3v) is 5.84. The molecule has 0 radical (unpaired) electrons. The number of likely N-dealkylation sites (N-methyl/N-ethyl adjacent to an activating group) is 1.